The van der Waals surface area contributed by atoms with Crippen molar-refractivity contribution in [3.63, 3.8) is 0 Å². The SMILES string of the molecule is CCOc1ccc2ccccc2c1C(N)CC(=O)O. The van der Waals surface area contributed by atoms with Gasteiger partial charge in [0, 0.05) is 11.6 Å². The maximum atomic E-state index is 10.9. The fraction of sp³-hybridized carbons (Fsp3) is 0.267. The van der Waals surface area contributed by atoms with Gasteiger partial charge in [-0.25, -0.2) is 0 Å². The molecule has 0 fully saturated rings. The van der Waals surface area contributed by atoms with Crippen LogP contribution in [0.3, 0.4) is 0 Å². The molecule has 0 saturated heterocycles. The first kappa shape index (κ1) is 13.4. The number of aliphatic carboxylic acids is 1. The minimum absolute atomic E-state index is 0.117. The van der Waals surface area contributed by atoms with Crippen LogP contribution in [0.5, 0.6) is 5.75 Å². The van der Waals surface area contributed by atoms with Crippen molar-refractivity contribution in [3.05, 3.63) is 42.0 Å². The molecule has 0 amide bonds. The molecule has 3 N–H and O–H groups in total. The highest BCUT2D eigenvalue weighted by Crippen LogP contribution is 2.33. The summed E-state index contributed by atoms with van der Waals surface area (Å²) in [5.74, 6) is -0.252. The van der Waals surface area contributed by atoms with Gasteiger partial charge in [0.05, 0.1) is 13.0 Å². The van der Waals surface area contributed by atoms with Crippen LogP contribution in [-0.2, 0) is 4.79 Å². The topological polar surface area (TPSA) is 72.5 Å². The van der Waals surface area contributed by atoms with Gasteiger partial charge in [0.2, 0.25) is 0 Å². The van der Waals surface area contributed by atoms with Crippen LogP contribution in [0.1, 0.15) is 24.9 Å². The van der Waals surface area contributed by atoms with Crippen LogP contribution in [0, 0.1) is 0 Å². The highest BCUT2D eigenvalue weighted by atomic mass is 16.5. The number of carbonyl (C=O) groups is 1. The zero-order valence-electron chi connectivity index (χ0n) is 10.8. The molecule has 0 saturated carbocycles. The van der Waals surface area contributed by atoms with Crippen LogP contribution in [0.25, 0.3) is 10.8 Å². The number of rotatable bonds is 5. The quantitative estimate of drug-likeness (QED) is 0.866. The lowest BCUT2D eigenvalue weighted by Crippen LogP contribution is -2.16. The Morgan fingerprint density at radius 3 is 2.74 bits per heavy atom. The van der Waals surface area contributed by atoms with E-state index in [1.165, 1.54) is 0 Å². The second-order valence-corrected chi connectivity index (χ2v) is 4.34. The van der Waals surface area contributed by atoms with Crippen molar-refractivity contribution in [1.29, 1.82) is 0 Å². The molecule has 0 aliphatic rings. The van der Waals surface area contributed by atoms with Gasteiger partial charge in [0.25, 0.3) is 0 Å². The highest BCUT2D eigenvalue weighted by molar-refractivity contribution is 5.88. The van der Waals surface area contributed by atoms with Crippen LogP contribution in [-0.4, -0.2) is 17.7 Å². The number of hydrogen-bond donors (Lipinski definition) is 2. The number of hydrogen-bond acceptors (Lipinski definition) is 3. The van der Waals surface area contributed by atoms with Gasteiger partial charge >= 0.3 is 5.97 Å². The summed E-state index contributed by atoms with van der Waals surface area (Å²) in [7, 11) is 0. The van der Waals surface area contributed by atoms with Gasteiger partial charge in [-0.2, -0.15) is 0 Å². The van der Waals surface area contributed by atoms with Crippen molar-refractivity contribution in [3.8, 4) is 5.75 Å². The van der Waals surface area contributed by atoms with E-state index in [2.05, 4.69) is 0 Å². The van der Waals surface area contributed by atoms with Gasteiger partial charge < -0.3 is 15.6 Å². The Morgan fingerprint density at radius 2 is 2.05 bits per heavy atom. The minimum atomic E-state index is -0.914. The van der Waals surface area contributed by atoms with Gasteiger partial charge in [-0.3, -0.25) is 4.79 Å². The zero-order valence-corrected chi connectivity index (χ0v) is 10.8. The van der Waals surface area contributed by atoms with E-state index >= 15 is 0 Å². The van der Waals surface area contributed by atoms with E-state index in [-0.39, 0.29) is 6.42 Å². The molecule has 4 nitrogen and oxygen atoms in total. The Kier molecular flexibility index (Phi) is 4.02. The molecule has 2 rings (SSSR count). The molecule has 100 valence electrons. The third-order valence-corrected chi connectivity index (χ3v) is 3.00. The molecule has 0 radical (unpaired) electrons. The minimum Gasteiger partial charge on any atom is -0.494 e. The third-order valence-electron chi connectivity index (χ3n) is 3.00. The number of fused-ring (bicyclic) bond motifs is 1. The summed E-state index contributed by atoms with van der Waals surface area (Å²) in [5.41, 5.74) is 6.80. The fourth-order valence-corrected chi connectivity index (χ4v) is 2.23. The molecule has 19 heavy (non-hydrogen) atoms. The number of nitrogens with two attached hydrogens (primary N) is 1. The predicted octanol–water partition coefficient (Wildman–Crippen LogP) is 2.71. The molecule has 0 aliphatic carbocycles. The third kappa shape index (κ3) is 2.85. The van der Waals surface area contributed by atoms with Gasteiger partial charge in [0.1, 0.15) is 5.75 Å². The number of ether oxygens (including phenoxy) is 1. The molecule has 0 heterocycles. The fourth-order valence-electron chi connectivity index (χ4n) is 2.23. The van der Waals surface area contributed by atoms with Gasteiger partial charge in [-0.1, -0.05) is 30.3 Å². The molecule has 0 spiro atoms. The van der Waals surface area contributed by atoms with Gasteiger partial charge in [-0.15, -0.1) is 0 Å². The lowest BCUT2D eigenvalue weighted by molar-refractivity contribution is -0.137. The molecule has 4 heteroatoms. The van der Waals surface area contributed by atoms with Crippen molar-refractivity contribution in [1.82, 2.24) is 0 Å². The number of carboxylic acid groups (broad SMARTS) is 1. The average molecular weight is 259 g/mol. The van der Waals surface area contributed by atoms with E-state index in [1.54, 1.807) is 0 Å². The van der Waals surface area contributed by atoms with E-state index in [0.29, 0.717) is 12.4 Å². The van der Waals surface area contributed by atoms with E-state index in [9.17, 15) is 4.79 Å². The van der Waals surface area contributed by atoms with Crippen molar-refractivity contribution < 1.29 is 14.6 Å². The normalized spacial score (nSPS) is 12.3. The van der Waals surface area contributed by atoms with Crippen molar-refractivity contribution in [2.75, 3.05) is 6.61 Å². The number of carboxylic acids is 1. The molecule has 2 aromatic carbocycles. The van der Waals surface area contributed by atoms with Crippen LogP contribution >= 0.6 is 0 Å². The number of benzene rings is 2. The summed E-state index contributed by atoms with van der Waals surface area (Å²) in [4.78, 5) is 10.9. The summed E-state index contributed by atoms with van der Waals surface area (Å²) < 4.78 is 5.57. The monoisotopic (exact) mass is 259 g/mol. The summed E-state index contributed by atoms with van der Waals surface area (Å²) in [6.07, 6.45) is -0.117. The lowest BCUT2D eigenvalue weighted by atomic mass is 9.96. The maximum Gasteiger partial charge on any atom is 0.305 e. The molecule has 0 bridgehead atoms. The van der Waals surface area contributed by atoms with Crippen LogP contribution in [0.15, 0.2) is 36.4 Å². The molecule has 0 aromatic heterocycles. The van der Waals surface area contributed by atoms with E-state index in [0.717, 1.165) is 16.3 Å². The Balaban J connectivity index is 2.57. The molecule has 0 aliphatic heterocycles. The van der Waals surface area contributed by atoms with E-state index in [4.69, 9.17) is 15.6 Å². The first-order chi connectivity index (χ1) is 9.13. The Morgan fingerprint density at radius 1 is 1.32 bits per heavy atom. The summed E-state index contributed by atoms with van der Waals surface area (Å²) >= 11 is 0. The smallest absolute Gasteiger partial charge is 0.305 e. The Hall–Kier alpha value is -2.07. The second kappa shape index (κ2) is 5.71. The first-order valence-corrected chi connectivity index (χ1v) is 6.25. The lowest BCUT2D eigenvalue weighted by Gasteiger charge is -2.17. The molecular weight excluding hydrogens is 242 g/mol. The molecular formula is C15H17NO3. The second-order valence-electron chi connectivity index (χ2n) is 4.34. The van der Waals surface area contributed by atoms with Gasteiger partial charge in [0.15, 0.2) is 0 Å². The molecule has 2 aromatic rings. The molecule has 1 atom stereocenters. The van der Waals surface area contributed by atoms with Crippen LogP contribution in [0.2, 0.25) is 0 Å². The largest absolute Gasteiger partial charge is 0.494 e. The Labute approximate surface area is 111 Å². The zero-order chi connectivity index (χ0) is 13.8. The Bertz CT molecular complexity index is 595. The van der Waals surface area contributed by atoms with Crippen LogP contribution < -0.4 is 10.5 Å². The summed E-state index contributed by atoms with van der Waals surface area (Å²) in [5, 5.41) is 10.9. The summed E-state index contributed by atoms with van der Waals surface area (Å²) in [6.45, 7) is 2.41. The summed E-state index contributed by atoms with van der Waals surface area (Å²) in [6, 6.07) is 11.0. The molecule has 1 unspecified atom stereocenters. The standard InChI is InChI=1S/C15H17NO3/c1-2-19-13-8-7-10-5-3-4-6-11(10)15(13)12(16)9-14(17)18/h3-8,12H,2,9,16H2,1H3,(H,17,18). The van der Waals surface area contributed by atoms with Crippen molar-refractivity contribution in [2.45, 2.75) is 19.4 Å². The van der Waals surface area contributed by atoms with Gasteiger partial charge in [-0.05, 0) is 23.8 Å². The van der Waals surface area contributed by atoms with E-state index < -0.39 is 12.0 Å². The average Bonchev–Trinajstić information content (AvgIpc) is 2.37. The van der Waals surface area contributed by atoms with Crippen molar-refractivity contribution >= 4 is 16.7 Å². The first-order valence-electron chi connectivity index (χ1n) is 6.25. The van der Waals surface area contributed by atoms with Crippen LogP contribution in [0.4, 0.5) is 0 Å². The highest BCUT2D eigenvalue weighted by Gasteiger charge is 2.18. The van der Waals surface area contributed by atoms with Crippen molar-refractivity contribution in [2.24, 2.45) is 5.73 Å². The predicted molar refractivity (Wildman–Crippen MR) is 74.3 cm³/mol. The van der Waals surface area contributed by atoms with E-state index in [1.807, 2.05) is 43.3 Å². The maximum absolute atomic E-state index is 10.9.